The summed E-state index contributed by atoms with van der Waals surface area (Å²) in [7, 11) is 1.90. The van der Waals surface area contributed by atoms with Crippen molar-refractivity contribution in [3.63, 3.8) is 0 Å². The van der Waals surface area contributed by atoms with Gasteiger partial charge in [-0.2, -0.15) is 0 Å². The first-order chi connectivity index (χ1) is 9.72. The zero-order chi connectivity index (χ0) is 13.9. The van der Waals surface area contributed by atoms with Gasteiger partial charge in [0.05, 0.1) is 11.9 Å². The maximum Gasteiger partial charge on any atom is 0.205 e. The first-order valence-electron chi connectivity index (χ1n) is 5.90. The van der Waals surface area contributed by atoms with Crippen LogP contribution in [0.4, 0.5) is 0 Å². The Morgan fingerprint density at radius 1 is 1.30 bits per heavy atom. The Balaban J connectivity index is 1.71. The average molecular weight is 307 g/mol. The van der Waals surface area contributed by atoms with E-state index in [1.165, 1.54) is 11.8 Å². The normalized spacial score (nSPS) is 10.9. The molecule has 3 aromatic rings. The summed E-state index contributed by atoms with van der Waals surface area (Å²) >= 11 is 7.39. The van der Waals surface area contributed by atoms with Crippen LogP contribution in [0.25, 0.3) is 11.3 Å². The molecule has 0 bridgehead atoms. The molecule has 2 heterocycles. The summed E-state index contributed by atoms with van der Waals surface area (Å²) in [4.78, 5) is 4.27. The lowest BCUT2D eigenvalue weighted by Gasteiger charge is -1.98. The predicted octanol–water partition coefficient (Wildman–Crippen LogP) is 3.42. The highest BCUT2D eigenvalue weighted by atomic mass is 35.5. The van der Waals surface area contributed by atoms with Crippen LogP contribution in [-0.4, -0.2) is 19.7 Å². The fourth-order valence-corrected chi connectivity index (χ4v) is 2.52. The van der Waals surface area contributed by atoms with E-state index in [0.717, 1.165) is 16.5 Å². The highest BCUT2D eigenvalue weighted by Gasteiger charge is 2.09. The third kappa shape index (κ3) is 2.86. The van der Waals surface area contributed by atoms with Gasteiger partial charge in [0.25, 0.3) is 0 Å². The van der Waals surface area contributed by atoms with Gasteiger partial charge in [-0.25, -0.2) is 4.98 Å². The number of hydrogen-bond acceptors (Lipinski definition) is 5. The summed E-state index contributed by atoms with van der Waals surface area (Å²) in [5.41, 5.74) is 0.955. The highest BCUT2D eigenvalue weighted by Crippen LogP contribution is 2.25. The van der Waals surface area contributed by atoms with E-state index in [1.54, 1.807) is 12.5 Å². The molecule has 1 aromatic carbocycles. The first-order valence-corrected chi connectivity index (χ1v) is 7.26. The van der Waals surface area contributed by atoms with E-state index < -0.39 is 0 Å². The molecule has 0 atom stereocenters. The maximum atomic E-state index is 5.86. The monoisotopic (exact) mass is 306 g/mol. The summed E-state index contributed by atoms with van der Waals surface area (Å²) in [6.45, 7) is 0. The Kier molecular flexibility index (Phi) is 3.75. The largest absolute Gasteiger partial charge is 0.440 e. The molecular formula is C13H11ClN4OS. The third-order valence-corrected chi connectivity index (χ3v) is 3.95. The molecule has 0 fully saturated rings. The minimum absolute atomic E-state index is 0.611. The molecule has 0 spiro atoms. The van der Waals surface area contributed by atoms with Gasteiger partial charge < -0.3 is 8.98 Å². The van der Waals surface area contributed by atoms with Crippen LogP contribution in [0.2, 0.25) is 5.02 Å². The molecule has 0 radical (unpaired) electrons. The molecule has 20 heavy (non-hydrogen) atoms. The Morgan fingerprint density at radius 3 is 2.80 bits per heavy atom. The van der Waals surface area contributed by atoms with Gasteiger partial charge in [0.15, 0.2) is 10.9 Å². The van der Waals surface area contributed by atoms with Crippen molar-refractivity contribution in [2.75, 3.05) is 0 Å². The van der Waals surface area contributed by atoms with Crippen molar-refractivity contribution >= 4 is 23.4 Å². The van der Waals surface area contributed by atoms with Crippen molar-refractivity contribution in [3.8, 4) is 11.3 Å². The fraction of sp³-hybridized carbons (Fsp3) is 0.154. The van der Waals surface area contributed by atoms with Gasteiger partial charge >= 0.3 is 0 Å². The predicted molar refractivity (Wildman–Crippen MR) is 77.5 cm³/mol. The van der Waals surface area contributed by atoms with Gasteiger partial charge in [0.1, 0.15) is 6.33 Å². The molecular weight excluding hydrogens is 296 g/mol. The first kappa shape index (κ1) is 13.2. The van der Waals surface area contributed by atoms with Crippen LogP contribution in [-0.2, 0) is 12.8 Å². The van der Waals surface area contributed by atoms with Crippen molar-refractivity contribution in [3.05, 3.63) is 47.7 Å². The van der Waals surface area contributed by atoms with E-state index >= 15 is 0 Å². The summed E-state index contributed by atoms with van der Waals surface area (Å²) in [5, 5.41) is 9.35. The van der Waals surface area contributed by atoms with Crippen molar-refractivity contribution in [2.24, 2.45) is 7.05 Å². The summed E-state index contributed by atoms with van der Waals surface area (Å²) in [6.07, 6.45) is 3.38. The zero-order valence-corrected chi connectivity index (χ0v) is 12.2. The second-order valence-corrected chi connectivity index (χ2v) is 5.52. The number of oxazole rings is 1. The standard InChI is InChI=1S/C13H11ClN4OS/c1-18-8-16-17-13(18)20-7-12-15-6-11(19-12)9-2-4-10(14)5-3-9/h2-6,8H,7H2,1H3. The van der Waals surface area contributed by atoms with E-state index in [0.29, 0.717) is 16.7 Å². The minimum Gasteiger partial charge on any atom is -0.440 e. The second-order valence-electron chi connectivity index (χ2n) is 4.14. The van der Waals surface area contributed by atoms with Crippen molar-refractivity contribution in [1.29, 1.82) is 0 Å². The van der Waals surface area contributed by atoms with Gasteiger partial charge in [-0.1, -0.05) is 23.4 Å². The smallest absolute Gasteiger partial charge is 0.205 e. The molecule has 0 saturated heterocycles. The van der Waals surface area contributed by atoms with Gasteiger partial charge in [0.2, 0.25) is 5.89 Å². The summed E-state index contributed by atoms with van der Waals surface area (Å²) in [5.74, 6) is 2.00. The van der Waals surface area contributed by atoms with E-state index in [-0.39, 0.29) is 0 Å². The number of hydrogen-bond donors (Lipinski definition) is 0. The Bertz CT molecular complexity index is 707. The van der Waals surface area contributed by atoms with Gasteiger partial charge in [-0.05, 0) is 24.3 Å². The molecule has 0 saturated carbocycles. The quantitative estimate of drug-likeness (QED) is 0.691. The second kappa shape index (κ2) is 5.68. The lowest BCUT2D eigenvalue weighted by Crippen LogP contribution is -1.89. The Morgan fingerprint density at radius 2 is 2.10 bits per heavy atom. The number of halogens is 1. The molecule has 0 N–H and O–H groups in total. The lowest BCUT2D eigenvalue weighted by molar-refractivity contribution is 0.529. The van der Waals surface area contributed by atoms with Crippen molar-refractivity contribution in [1.82, 2.24) is 19.7 Å². The van der Waals surface area contributed by atoms with E-state index in [1.807, 2.05) is 35.9 Å². The maximum absolute atomic E-state index is 5.86. The van der Waals surface area contributed by atoms with E-state index in [9.17, 15) is 0 Å². The lowest BCUT2D eigenvalue weighted by atomic mass is 10.2. The molecule has 0 aliphatic carbocycles. The number of rotatable bonds is 4. The topological polar surface area (TPSA) is 56.7 Å². The van der Waals surface area contributed by atoms with E-state index in [2.05, 4.69) is 15.2 Å². The summed E-state index contributed by atoms with van der Waals surface area (Å²) in [6, 6.07) is 7.46. The molecule has 7 heteroatoms. The fourth-order valence-electron chi connectivity index (χ4n) is 1.65. The molecule has 0 amide bonds. The molecule has 5 nitrogen and oxygen atoms in total. The van der Waals surface area contributed by atoms with Gasteiger partial charge in [0, 0.05) is 17.6 Å². The number of aryl methyl sites for hydroxylation is 1. The number of benzene rings is 1. The SMILES string of the molecule is Cn1cnnc1SCc1ncc(-c2ccc(Cl)cc2)o1. The molecule has 0 unspecified atom stereocenters. The van der Waals surface area contributed by atoms with Crippen LogP contribution in [0, 0.1) is 0 Å². The number of thioether (sulfide) groups is 1. The highest BCUT2D eigenvalue weighted by molar-refractivity contribution is 7.98. The van der Waals surface area contributed by atoms with Crippen molar-refractivity contribution in [2.45, 2.75) is 10.9 Å². The third-order valence-electron chi connectivity index (χ3n) is 2.68. The molecule has 0 aliphatic rings. The van der Waals surface area contributed by atoms with Crippen LogP contribution in [0.1, 0.15) is 5.89 Å². The molecule has 3 rings (SSSR count). The number of nitrogens with zero attached hydrogens (tertiary/aromatic N) is 4. The summed E-state index contributed by atoms with van der Waals surface area (Å²) < 4.78 is 7.57. The Labute approximate surface area is 125 Å². The van der Waals surface area contributed by atoms with Gasteiger partial charge in [-0.15, -0.1) is 10.2 Å². The van der Waals surface area contributed by atoms with Crippen molar-refractivity contribution < 1.29 is 4.42 Å². The van der Waals surface area contributed by atoms with Crippen LogP contribution >= 0.6 is 23.4 Å². The van der Waals surface area contributed by atoms with Crippen LogP contribution in [0.15, 0.2) is 46.4 Å². The van der Waals surface area contributed by atoms with Crippen LogP contribution < -0.4 is 0 Å². The average Bonchev–Trinajstić information content (AvgIpc) is 3.06. The molecule has 102 valence electrons. The van der Waals surface area contributed by atoms with Gasteiger partial charge in [-0.3, -0.25) is 0 Å². The number of aromatic nitrogens is 4. The molecule has 2 aromatic heterocycles. The molecule has 0 aliphatic heterocycles. The van der Waals surface area contributed by atoms with Crippen LogP contribution in [0.5, 0.6) is 0 Å². The Hall–Kier alpha value is -1.79. The van der Waals surface area contributed by atoms with Crippen LogP contribution in [0.3, 0.4) is 0 Å². The minimum atomic E-state index is 0.611. The van der Waals surface area contributed by atoms with E-state index in [4.69, 9.17) is 16.0 Å². The zero-order valence-electron chi connectivity index (χ0n) is 10.7.